The number of amides is 2. The number of quaternary nitrogens is 1. The molecule has 0 radical (unpaired) electrons. The summed E-state index contributed by atoms with van der Waals surface area (Å²) in [6.07, 6.45) is 0. The van der Waals surface area contributed by atoms with Crippen molar-refractivity contribution in [3.63, 3.8) is 0 Å². The van der Waals surface area contributed by atoms with Gasteiger partial charge in [-0.15, -0.1) is 0 Å². The van der Waals surface area contributed by atoms with Gasteiger partial charge in [0.05, 0.1) is 12.0 Å². The Hall–Kier alpha value is -3.26. The molecule has 2 aromatic rings. The summed E-state index contributed by atoms with van der Waals surface area (Å²) >= 11 is 0. The zero-order valence-electron chi connectivity index (χ0n) is 15.5. The van der Waals surface area contributed by atoms with Crippen LogP contribution in [-0.2, 0) is 11.3 Å². The van der Waals surface area contributed by atoms with E-state index in [1.54, 1.807) is 38.2 Å². The zero-order valence-corrected chi connectivity index (χ0v) is 15.5. The van der Waals surface area contributed by atoms with Crippen LogP contribution in [0.4, 0.5) is 11.4 Å². The lowest BCUT2D eigenvalue weighted by atomic mass is 10.1. The Bertz CT molecular complexity index is 849. The Morgan fingerprint density at radius 2 is 1.81 bits per heavy atom. The third kappa shape index (κ3) is 5.35. The van der Waals surface area contributed by atoms with E-state index in [-0.39, 0.29) is 29.7 Å². The highest BCUT2D eigenvalue weighted by Gasteiger charge is 2.19. The summed E-state index contributed by atoms with van der Waals surface area (Å²) in [4.78, 5) is 35.4. The van der Waals surface area contributed by atoms with E-state index in [1.165, 1.54) is 6.07 Å². The molecular weight excluding hydrogens is 348 g/mol. The number of aryl methyl sites for hydroxylation is 1. The number of rotatable bonds is 7. The molecule has 1 unspecified atom stereocenters. The predicted octanol–water partition coefficient (Wildman–Crippen LogP) is 0.916. The maximum atomic E-state index is 12.3. The van der Waals surface area contributed by atoms with Crippen molar-refractivity contribution in [2.24, 2.45) is 0 Å². The maximum absolute atomic E-state index is 12.3. The molecule has 2 rings (SSSR count). The molecule has 3 N–H and O–H groups in total. The van der Waals surface area contributed by atoms with Gasteiger partial charge in [0.25, 0.3) is 17.5 Å². The van der Waals surface area contributed by atoms with E-state index in [0.29, 0.717) is 17.7 Å². The Labute approximate surface area is 157 Å². The average Bonchev–Trinajstić information content (AvgIpc) is 2.63. The molecule has 0 aliphatic rings. The minimum atomic E-state index is -0.507. The fourth-order valence-corrected chi connectivity index (χ4v) is 2.75. The van der Waals surface area contributed by atoms with Crippen LogP contribution in [0.3, 0.4) is 0 Å². The summed E-state index contributed by atoms with van der Waals surface area (Å²) in [6, 6.07) is 11.8. The summed E-state index contributed by atoms with van der Waals surface area (Å²) in [5.41, 5.74) is 2.30. The van der Waals surface area contributed by atoms with Crippen LogP contribution in [-0.4, -0.2) is 37.4 Å². The van der Waals surface area contributed by atoms with Crippen LogP contribution < -0.4 is 15.5 Å². The lowest BCUT2D eigenvalue weighted by Gasteiger charge is -2.15. The number of hydrogen-bond acceptors (Lipinski definition) is 4. The summed E-state index contributed by atoms with van der Waals surface area (Å²) in [7, 11) is 3.43. The molecule has 0 saturated carbocycles. The van der Waals surface area contributed by atoms with Gasteiger partial charge in [0.1, 0.15) is 12.2 Å². The van der Waals surface area contributed by atoms with E-state index in [2.05, 4.69) is 10.6 Å². The first-order valence-electron chi connectivity index (χ1n) is 8.48. The molecule has 0 aliphatic heterocycles. The number of likely N-dealkylation sites (N-methyl/N-ethyl adjacent to an activating group) is 1. The number of nitro benzene ring substituents is 1. The van der Waals surface area contributed by atoms with Crippen LogP contribution in [0.5, 0.6) is 0 Å². The molecule has 2 amide bonds. The van der Waals surface area contributed by atoms with Gasteiger partial charge in [0.15, 0.2) is 6.54 Å². The standard InChI is InChI=1S/C19H22N4O4/c1-13-5-4-6-16(23(26)27)18(13)21-17(24)12-22(3)11-14-7-9-15(10-8-14)19(25)20-2/h4-10H,11-12H2,1-3H3,(H,20,25)(H,21,24)/p+1. The van der Waals surface area contributed by atoms with E-state index >= 15 is 0 Å². The van der Waals surface area contributed by atoms with Gasteiger partial charge >= 0.3 is 0 Å². The smallest absolute Gasteiger partial charge is 0.293 e. The third-order valence-corrected chi connectivity index (χ3v) is 4.12. The van der Waals surface area contributed by atoms with E-state index < -0.39 is 4.92 Å². The second kappa shape index (κ2) is 8.91. The molecule has 142 valence electrons. The largest absolute Gasteiger partial charge is 0.355 e. The monoisotopic (exact) mass is 371 g/mol. The summed E-state index contributed by atoms with van der Waals surface area (Å²) in [5.74, 6) is -0.451. The van der Waals surface area contributed by atoms with Gasteiger partial charge in [-0.25, -0.2) is 0 Å². The van der Waals surface area contributed by atoms with Crippen molar-refractivity contribution in [2.75, 3.05) is 26.0 Å². The van der Waals surface area contributed by atoms with Crippen LogP contribution in [0.2, 0.25) is 0 Å². The fraction of sp³-hybridized carbons (Fsp3) is 0.263. The van der Waals surface area contributed by atoms with Crippen LogP contribution in [0.1, 0.15) is 21.5 Å². The lowest BCUT2D eigenvalue weighted by molar-refractivity contribution is -0.885. The minimum Gasteiger partial charge on any atom is -0.355 e. The van der Waals surface area contributed by atoms with Crippen LogP contribution in [0.25, 0.3) is 0 Å². The first-order chi connectivity index (χ1) is 12.8. The third-order valence-electron chi connectivity index (χ3n) is 4.12. The number of nitrogens with one attached hydrogen (secondary N) is 3. The highest BCUT2D eigenvalue weighted by atomic mass is 16.6. The highest BCUT2D eigenvalue weighted by molar-refractivity contribution is 5.95. The van der Waals surface area contributed by atoms with Gasteiger partial charge in [-0.1, -0.05) is 24.3 Å². The van der Waals surface area contributed by atoms with Crippen molar-refractivity contribution >= 4 is 23.2 Å². The van der Waals surface area contributed by atoms with Crippen LogP contribution >= 0.6 is 0 Å². The van der Waals surface area contributed by atoms with E-state index in [1.807, 2.05) is 19.2 Å². The molecule has 0 heterocycles. The second-order valence-electron chi connectivity index (χ2n) is 6.36. The molecule has 0 aromatic heterocycles. The Balaban J connectivity index is 1.98. The van der Waals surface area contributed by atoms with Crippen LogP contribution in [0.15, 0.2) is 42.5 Å². The summed E-state index contributed by atoms with van der Waals surface area (Å²) < 4.78 is 0. The second-order valence-corrected chi connectivity index (χ2v) is 6.36. The minimum absolute atomic E-state index is 0.120. The van der Waals surface area contributed by atoms with Gasteiger partial charge in [0.2, 0.25) is 0 Å². The topological polar surface area (TPSA) is 106 Å². The number of carbonyl (C=O) groups excluding carboxylic acids is 2. The molecule has 8 nitrogen and oxygen atoms in total. The summed E-state index contributed by atoms with van der Waals surface area (Å²) in [6.45, 7) is 2.45. The highest BCUT2D eigenvalue weighted by Crippen LogP contribution is 2.27. The molecule has 0 spiro atoms. The Morgan fingerprint density at radius 3 is 2.41 bits per heavy atom. The maximum Gasteiger partial charge on any atom is 0.293 e. The number of para-hydroxylation sites is 1. The quantitative estimate of drug-likeness (QED) is 0.497. The van der Waals surface area contributed by atoms with Crippen molar-refractivity contribution in [1.29, 1.82) is 0 Å². The van der Waals surface area contributed by atoms with Gasteiger partial charge in [0, 0.05) is 24.2 Å². The Kier molecular flexibility index (Phi) is 6.62. The number of carbonyl (C=O) groups is 2. The number of anilines is 1. The molecule has 0 aliphatic carbocycles. The molecule has 0 saturated heterocycles. The molecule has 1 atom stereocenters. The van der Waals surface area contributed by atoms with Gasteiger partial charge in [-0.2, -0.15) is 0 Å². The first kappa shape index (κ1) is 20.1. The van der Waals surface area contributed by atoms with Crippen molar-refractivity contribution < 1.29 is 19.4 Å². The Morgan fingerprint density at radius 1 is 1.15 bits per heavy atom. The van der Waals surface area contributed by atoms with E-state index in [0.717, 1.165) is 10.5 Å². The molecule has 2 aromatic carbocycles. The number of hydrogen-bond donors (Lipinski definition) is 3. The van der Waals surface area contributed by atoms with Crippen molar-refractivity contribution in [3.05, 3.63) is 69.3 Å². The SMILES string of the molecule is CNC(=O)c1ccc(C[NH+](C)CC(=O)Nc2c(C)cccc2[N+](=O)[O-])cc1. The lowest BCUT2D eigenvalue weighted by Crippen LogP contribution is -3.08. The number of nitro groups is 1. The first-order valence-corrected chi connectivity index (χ1v) is 8.48. The fourth-order valence-electron chi connectivity index (χ4n) is 2.75. The number of benzene rings is 2. The van der Waals surface area contributed by atoms with Crippen LogP contribution in [0, 0.1) is 17.0 Å². The van der Waals surface area contributed by atoms with Crippen molar-refractivity contribution in [1.82, 2.24) is 5.32 Å². The average molecular weight is 371 g/mol. The number of nitrogens with zero attached hydrogens (tertiary/aromatic N) is 1. The molecule has 8 heteroatoms. The predicted molar refractivity (Wildman–Crippen MR) is 102 cm³/mol. The van der Waals surface area contributed by atoms with E-state index in [4.69, 9.17) is 0 Å². The normalized spacial score (nSPS) is 11.5. The van der Waals surface area contributed by atoms with Gasteiger partial charge < -0.3 is 15.5 Å². The van der Waals surface area contributed by atoms with Crippen molar-refractivity contribution in [3.8, 4) is 0 Å². The van der Waals surface area contributed by atoms with E-state index in [9.17, 15) is 19.7 Å². The van der Waals surface area contributed by atoms with Crippen molar-refractivity contribution in [2.45, 2.75) is 13.5 Å². The molecule has 0 bridgehead atoms. The van der Waals surface area contributed by atoms with Gasteiger partial charge in [-0.3, -0.25) is 19.7 Å². The molecule has 0 fully saturated rings. The van der Waals surface area contributed by atoms with Gasteiger partial charge in [-0.05, 0) is 24.6 Å². The molecular formula is C19H23N4O4+. The zero-order chi connectivity index (χ0) is 20.0. The summed E-state index contributed by atoms with van der Waals surface area (Å²) in [5, 5.41) is 16.4. The molecule has 27 heavy (non-hydrogen) atoms.